The topological polar surface area (TPSA) is 70.6 Å². The van der Waals surface area contributed by atoms with Crippen molar-refractivity contribution in [3.63, 3.8) is 0 Å². The Kier molecular flexibility index (Phi) is 5.93. The van der Waals surface area contributed by atoms with Crippen molar-refractivity contribution in [2.75, 3.05) is 5.32 Å². The second-order valence-corrected chi connectivity index (χ2v) is 6.97. The molecule has 0 bridgehead atoms. The Morgan fingerprint density at radius 2 is 1.60 bits per heavy atom. The van der Waals surface area contributed by atoms with Crippen LogP contribution in [0.25, 0.3) is 0 Å². The highest BCUT2D eigenvalue weighted by Gasteiger charge is 2.21. The number of hydrogen-bond acceptors (Lipinski definition) is 3. The summed E-state index contributed by atoms with van der Waals surface area (Å²) in [5.74, 6) is -0.420. The second kappa shape index (κ2) is 7.94. The molecule has 0 heterocycles. The van der Waals surface area contributed by atoms with Crippen molar-refractivity contribution in [1.82, 2.24) is 5.43 Å². The number of anilines is 1. The summed E-state index contributed by atoms with van der Waals surface area (Å²) in [6, 6.07) is 13.7. The molecular weight excluding hydrogens is 338 g/mol. The number of halogens is 1. The summed E-state index contributed by atoms with van der Waals surface area (Å²) in [7, 11) is 0. The van der Waals surface area contributed by atoms with Gasteiger partial charge in [-0.1, -0.05) is 44.5 Å². The van der Waals surface area contributed by atoms with Gasteiger partial charge in [0.2, 0.25) is 5.91 Å². The molecule has 0 atom stereocenters. The van der Waals surface area contributed by atoms with Crippen molar-refractivity contribution < 1.29 is 9.59 Å². The Balaban J connectivity index is 1.94. The Hall–Kier alpha value is -2.66. The number of nitrogens with zero attached hydrogens (tertiary/aromatic N) is 1. The van der Waals surface area contributed by atoms with E-state index in [1.54, 1.807) is 48.5 Å². The van der Waals surface area contributed by atoms with Gasteiger partial charge in [0.05, 0.1) is 6.21 Å². The number of carbonyl (C=O) groups is 2. The van der Waals surface area contributed by atoms with Gasteiger partial charge in [-0.15, -0.1) is 0 Å². The van der Waals surface area contributed by atoms with E-state index in [1.807, 2.05) is 20.8 Å². The highest BCUT2D eigenvalue weighted by molar-refractivity contribution is 6.30. The molecule has 0 unspecified atom stereocenters. The van der Waals surface area contributed by atoms with Crippen molar-refractivity contribution in [2.24, 2.45) is 10.5 Å². The minimum absolute atomic E-state index is 0.0859. The maximum absolute atomic E-state index is 12.0. The molecule has 0 radical (unpaired) electrons. The van der Waals surface area contributed by atoms with Crippen LogP contribution in [-0.4, -0.2) is 18.0 Å². The molecule has 0 saturated heterocycles. The summed E-state index contributed by atoms with van der Waals surface area (Å²) in [5, 5.41) is 7.36. The van der Waals surface area contributed by atoms with Gasteiger partial charge in [0.1, 0.15) is 0 Å². The molecule has 0 spiro atoms. The number of hydrazone groups is 1. The van der Waals surface area contributed by atoms with E-state index in [4.69, 9.17) is 11.6 Å². The molecule has 2 rings (SSSR count). The molecule has 0 aliphatic carbocycles. The van der Waals surface area contributed by atoms with Crippen molar-refractivity contribution in [2.45, 2.75) is 20.8 Å². The van der Waals surface area contributed by atoms with Crippen LogP contribution in [0.15, 0.2) is 53.6 Å². The monoisotopic (exact) mass is 357 g/mol. The minimum atomic E-state index is -0.480. The van der Waals surface area contributed by atoms with Crippen LogP contribution < -0.4 is 10.7 Å². The van der Waals surface area contributed by atoms with Crippen LogP contribution in [-0.2, 0) is 4.79 Å². The van der Waals surface area contributed by atoms with E-state index >= 15 is 0 Å². The van der Waals surface area contributed by atoms with Gasteiger partial charge in [0.15, 0.2) is 0 Å². The minimum Gasteiger partial charge on any atom is -0.326 e. The molecule has 0 aliphatic rings. The predicted octanol–water partition coefficient (Wildman–Crippen LogP) is 4.09. The number of amides is 2. The van der Waals surface area contributed by atoms with Crippen molar-refractivity contribution in [3.8, 4) is 0 Å². The van der Waals surface area contributed by atoms with Crippen molar-refractivity contribution in [1.29, 1.82) is 0 Å². The third kappa shape index (κ3) is 5.72. The zero-order valence-electron chi connectivity index (χ0n) is 14.3. The van der Waals surface area contributed by atoms with E-state index < -0.39 is 5.41 Å². The maximum Gasteiger partial charge on any atom is 0.271 e. The Bertz CT molecular complexity index is 776. The average molecular weight is 358 g/mol. The number of benzene rings is 2. The molecule has 6 heteroatoms. The quantitative estimate of drug-likeness (QED) is 0.639. The lowest BCUT2D eigenvalue weighted by Crippen LogP contribution is -2.27. The standard InChI is InChI=1S/C19H20ClN3O2/c1-19(2,3)18(25)22-16-10-6-14(7-11-16)17(24)23-21-12-13-4-8-15(20)9-5-13/h4-12H,1-3H3,(H,22,25)(H,23,24). The number of nitrogens with one attached hydrogen (secondary N) is 2. The van der Waals surface area contributed by atoms with E-state index in [2.05, 4.69) is 15.8 Å². The molecule has 2 aromatic carbocycles. The molecule has 5 nitrogen and oxygen atoms in total. The third-order valence-electron chi connectivity index (χ3n) is 3.34. The van der Waals surface area contributed by atoms with E-state index in [1.165, 1.54) is 6.21 Å². The lowest BCUT2D eigenvalue weighted by Gasteiger charge is -2.17. The van der Waals surface area contributed by atoms with Gasteiger partial charge in [0, 0.05) is 21.7 Å². The largest absolute Gasteiger partial charge is 0.326 e. The van der Waals surface area contributed by atoms with Gasteiger partial charge in [-0.3, -0.25) is 9.59 Å². The zero-order valence-corrected chi connectivity index (χ0v) is 15.1. The maximum atomic E-state index is 12.0. The van der Waals surface area contributed by atoms with Gasteiger partial charge < -0.3 is 5.32 Å². The van der Waals surface area contributed by atoms with Crippen LogP contribution in [0.1, 0.15) is 36.7 Å². The first kappa shape index (κ1) is 18.7. The second-order valence-electron chi connectivity index (χ2n) is 6.53. The van der Waals surface area contributed by atoms with E-state index in [0.717, 1.165) is 5.56 Å². The molecule has 0 aromatic heterocycles. The fraction of sp³-hybridized carbons (Fsp3) is 0.211. The molecule has 2 N–H and O–H groups in total. The van der Waals surface area contributed by atoms with Crippen molar-refractivity contribution >= 4 is 35.3 Å². The van der Waals surface area contributed by atoms with Gasteiger partial charge in [-0.2, -0.15) is 5.10 Å². The van der Waals surface area contributed by atoms with Crippen LogP contribution in [0.2, 0.25) is 5.02 Å². The van der Waals surface area contributed by atoms with Crippen LogP contribution in [0.3, 0.4) is 0 Å². The highest BCUT2D eigenvalue weighted by atomic mass is 35.5. The smallest absolute Gasteiger partial charge is 0.271 e. The average Bonchev–Trinajstić information content (AvgIpc) is 2.56. The Morgan fingerprint density at radius 1 is 1.00 bits per heavy atom. The zero-order chi connectivity index (χ0) is 18.4. The molecule has 130 valence electrons. The molecule has 2 amide bonds. The van der Waals surface area contributed by atoms with Gasteiger partial charge >= 0.3 is 0 Å². The molecule has 25 heavy (non-hydrogen) atoms. The van der Waals surface area contributed by atoms with Crippen LogP contribution in [0, 0.1) is 5.41 Å². The Morgan fingerprint density at radius 3 is 2.16 bits per heavy atom. The summed E-state index contributed by atoms with van der Waals surface area (Å²) in [6.07, 6.45) is 1.53. The van der Waals surface area contributed by atoms with E-state index in [0.29, 0.717) is 16.3 Å². The SMILES string of the molecule is CC(C)(C)C(=O)Nc1ccc(C(=O)NN=Cc2ccc(Cl)cc2)cc1. The summed E-state index contributed by atoms with van der Waals surface area (Å²) >= 11 is 5.80. The van der Waals surface area contributed by atoms with Crippen LogP contribution in [0.5, 0.6) is 0 Å². The summed E-state index contributed by atoms with van der Waals surface area (Å²) in [4.78, 5) is 24.0. The normalized spacial score (nSPS) is 11.4. The summed E-state index contributed by atoms with van der Waals surface area (Å²) < 4.78 is 0. The Labute approximate surface area is 152 Å². The first-order valence-electron chi connectivity index (χ1n) is 7.76. The summed E-state index contributed by atoms with van der Waals surface area (Å²) in [5.41, 5.74) is 3.89. The fourth-order valence-electron chi connectivity index (χ4n) is 1.80. The molecule has 0 fully saturated rings. The predicted molar refractivity (Wildman–Crippen MR) is 101 cm³/mol. The third-order valence-corrected chi connectivity index (χ3v) is 3.59. The number of hydrogen-bond donors (Lipinski definition) is 2. The molecule has 0 saturated carbocycles. The van der Waals surface area contributed by atoms with Crippen LogP contribution >= 0.6 is 11.6 Å². The lowest BCUT2D eigenvalue weighted by molar-refractivity contribution is -0.123. The number of carbonyl (C=O) groups excluding carboxylic acids is 2. The molecule has 0 aliphatic heterocycles. The molecule has 2 aromatic rings. The molecular formula is C19H20ClN3O2. The van der Waals surface area contributed by atoms with Crippen molar-refractivity contribution in [3.05, 3.63) is 64.7 Å². The van der Waals surface area contributed by atoms with Gasteiger partial charge in [0.25, 0.3) is 5.91 Å². The van der Waals surface area contributed by atoms with Crippen LogP contribution in [0.4, 0.5) is 5.69 Å². The first-order chi connectivity index (χ1) is 11.8. The fourth-order valence-corrected chi connectivity index (χ4v) is 1.93. The van der Waals surface area contributed by atoms with Gasteiger partial charge in [-0.25, -0.2) is 5.43 Å². The summed E-state index contributed by atoms with van der Waals surface area (Å²) in [6.45, 7) is 5.51. The van der Waals surface area contributed by atoms with E-state index in [9.17, 15) is 9.59 Å². The van der Waals surface area contributed by atoms with Gasteiger partial charge in [-0.05, 0) is 42.0 Å². The number of rotatable bonds is 4. The van der Waals surface area contributed by atoms with E-state index in [-0.39, 0.29) is 11.8 Å². The first-order valence-corrected chi connectivity index (χ1v) is 8.14. The lowest BCUT2D eigenvalue weighted by atomic mass is 9.95. The highest BCUT2D eigenvalue weighted by Crippen LogP contribution is 2.17.